The van der Waals surface area contributed by atoms with Crippen LogP contribution in [-0.2, 0) is 20.9 Å². The first-order chi connectivity index (χ1) is 18.6. The molecule has 3 aliphatic rings. The molecule has 0 radical (unpaired) electrons. The number of carbonyl (C=O) groups is 4. The number of benzene rings is 2. The Morgan fingerprint density at radius 1 is 1.08 bits per heavy atom. The molecule has 5 rings (SSSR count). The molecule has 39 heavy (non-hydrogen) atoms. The van der Waals surface area contributed by atoms with Gasteiger partial charge in [-0.15, -0.1) is 0 Å². The van der Waals surface area contributed by atoms with Gasteiger partial charge in [-0.05, 0) is 81.5 Å². The zero-order valence-corrected chi connectivity index (χ0v) is 22.8. The van der Waals surface area contributed by atoms with E-state index in [9.17, 15) is 19.2 Å². The lowest BCUT2D eigenvalue weighted by atomic mass is 9.98. The largest absolute Gasteiger partial charge is 0.491 e. The second-order valence-corrected chi connectivity index (χ2v) is 11.2. The Morgan fingerprint density at radius 2 is 1.90 bits per heavy atom. The number of carbonyl (C=O) groups excluding carboxylic acids is 4. The van der Waals surface area contributed by atoms with E-state index in [0.29, 0.717) is 41.7 Å². The van der Waals surface area contributed by atoms with Gasteiger partial charge < -0.3 is 19.3 Å². The maximum atomic E-state index is 13.6. The summed E-state index contributed by atoms with van der Waals surface area (Å²) in [5, 5.41) is 2.86. The molecule has 0 saturated carbocycles. The van der Waals surface area contributed by atoms with Crippen LogP contribution in [-0.4, -0.2) is 64.3 Å². The fourth-order valence-corrected chi connectivity index (χ4v) is 5.67. The second-order valence-electron chi connectivity index (χ2n) is 10.7. The van der Waals surface area contributed by atoms with Gasteiger partial charge >= 0.3 is 0 Å². The lowest BCUT2D eigenvalue weighted by Crippen LogP contribution is -2.55. The molecule has 2 saturated heterocycles. The fraction of sp³-hybridized carbons (Fsp3) is 0.448. The Kier molecular flexibility index (Phi) is 7.53. The lowest BCUT2D eigenvalue weighted by molar-refractivity contribution is -0.150. The molecule has 1 N–H and O–H groups in total. The smallest absolute Gasteiger partial charge is 0.266 e. The number of rotatable bonds is 7. The van der Waals surface area contributed by atoms with Crippen LogP contribution in [0.2, 0.25) is 5.02 Å². The Hall–Kier alpha value is -3.59. The topological polar surface area (TPSA) is 105 Å². The third-order valence-electron chi connectivity index (χ3n) is 7.51. The molecule has 2 fully saturated rings. The van der Waals surface area contributed by atoms with Crippen LogP contribution in [0.25, 0.3) is 0 Å². The number of fused-ring (bicyclic) bond motifs is 1. The molecule has 0 spiro atoms. The van der Waals surface area contributed by atoms with E-state index < -0.39 is 17.6 Å². The minimum atomic E-state index is -1.09. The van der Waals surface area contributed by atoms with Crippen molar-refractivity contribution in [3.8, 4) is 11.5 Å². The van der Waals surface area contributed by atoms with Crippen molar-refractivity contribution >= 4 is 35.2 Å². The van der Waals surface area contributed by atoms with E-state index in [2.05, 4.69) is 5.32 Å². The minimum Gasteiger partial charge on any atom is -0.491 e. The van der Waals surface area contributed by atoms with Gasteiger partial charge in [0.05, 0.1) is 6.04 Å². The number of nitrogens with one attached hydrogen (secondary N) is 1. The quantitative estimate of drug-likeness (QED) is 0.524. The zero-order chi connectivity index (χ0) is 27.7. The van der Waals surface area contributed by atoms with Crippen LogP contribution in [0, 0.1) is 0 Å². The summed E-state index contributed by atoms with van der Waals surface area (Å²) >= 11 is 6.08. The molecule has 206 valence electrons. The number of imide groups is 1. The van der Waals surface area contributed by atoms with Gasteiger partial charge in [-0.25, -0.2) is 0 Å². The van der Waals surface area contributed by atoms with Gasteiger partial charge in [0.15, 0.2) is 5.60 Å². The monoisotopic (exact) mass is 553 g/mol. The molecule has 0 aromatic heterocycles. The highest BCUT2D eigenvalue weighted by Crippen LogP contribution is 2.31. The Balaban J connectivity index is 1.23. The van der Waals surface area contributed by atoms with Crippen LogP contribution < -0.4 is 14.8 Å². The van der Waals surface area contributed by atoms with Gasteiger partial charge in [0.25, 0.3) is 11.8 Å². The van der Waals surface area contributed by atoms with Gasteiger partial charge in [-0.3, -0.25) is 24.5 Å². The summed E-state index contributed by atoms with van der Waals surface area (Å²) in [6, 6.07) is 11.5. The highest BCUT2D eigenvalue weighted by Gasteiger charge is 2.40. The van der Waals surface area contributed by atoms with Gasteiger partial charge in [0.2, 0.25) is 11.8 Å². The molecular formula is C29H32ClN3O6. The summed E-state index contributed by atoms with van der Waals surface area (Å²) in [6.07, 6.45) is 3.24. The Labute approximate surface area is 232 Å². The number of hydrogen-bond donors (Lipinski definition) is 1. The first-order valence-corrected chi connectivity index (χ1v) is 13.7. The maximum Gasteiger partial charge on any atom is 0.266 e. The maximum absolute atomic E-state index is 13.6. The highest BCUT2D eigenvalue weighted by molar-refractivity contribution is 6.30. The third kappa shape index (κ3) is 5.73. The van der Waals surface area contributed by atoms with Crippen LogP contribution in [0.4, 0.5) is 0 Å². The van der Waals surface area contributed by atoms with Crippen molar-refractivity contribution in [2.24, 2.45) is 0 Å². The molecule has 2 aromatic rings. The molecule has 3 aliphatic heterocycles. The van der Waals surface area contributed by atoms with Crippen LogP contribution >= 0.6 is 11.6 Å². The molecule has 0 bridgehead atoms. The number of halogens is 1. The van der Waals surface area contributed by atoms with E-state index in [1.54, 1.807) is 50.2 Å². The average molecular weight is 554 g/mol. The van der Waals surface area contributed by atoms with E-state index in [1.807, 2.05) is 11.0 Å². The van der Waals surface area contributed by atoms with Crippen LogP contribution in [0.5, 0.6) is 11.5 Å². The number of ether oxygens (including phenoxy) is 2. The van der Waals surface area contributed by atoms with Gasteiger partial charge in [0, 0.05) is 30.1 Å². The molecule has 1 unspecified atom stereocenters. The van der Waals surface area contributed by atoms with E-state index in [4.69, 9.17) is 21.1 Å². The first-order valence-electron chi connectivity index (χ1n) is 13.3. The van der Waals surface area contributed by atoms with Crippen molar-refractivity contribution in [1.82, 2.24) is 15.1 Å². The minimum absolute atomic E-state index is 0.116. The number of nitrogens with zero attached hydrogens (tertiary/aromatic N) is 2. The summed E-state index contributed by atoms with van der Waals surface area (Å²) < 4.78 is 12.2. The third-order valence-corrected chi connectivity index (χ3v) is 7.74. The predicted octanol–water partition coefficient (Wildman–Crippen LogP) is 3.72. The number of likely N-dealkylation sites (tertiary alicyclic amines) is 1. The summed E-state index contributed by atoms with van der Waals surface area (Å²) in [7, 11) is 0. The molecule has 3 heterocycles. The SMILES string of the molecule is CC(C)(Oc1cccc(Cl)c1)C(=O)N1CCCC[C@H]1COc1ccc2c(c1)CN(C1CCC(=O)NC1=O)C2=O. The van der Waals surface area contributed by atoms with Crippen molar-refractivity contribution in [3.63, 3.8) is 0 Å². The van der Waals surface area contributed by atoms with Gasteiger partial charge in [-0.2, -0.15) is 0 Å². The van der Waals surface area contributed by atoms with E-state index in [0.717, 1.165) is 24.8 Å². The molecular weight excluding hydrogens is 522 g/mol. The second kappa shape index (κ2) is 10.9. The summed E-state index contributed by atoms with van der Waals surface area (Å²) in [5.74, 6) is 0.0370. The van der Waals surface area contributed by atoms with Crippen LogP contribution in [0.1, 0.15) is 61.9 Å². The van der Waals surface area contributed by atoms with Gasteiger partial charge in [0.1, 0.15) is 24.1 Å². The fourth-order valence-electron chi connectivity index (χ4n) is 5.49. The predicted molar refractivity (Wildman–Crippen MR) is 143 cm³/mol. The molecule has 2 aromatic carbocycles. The molecule has 10 heteroatoms. The normalized spacial score (nSPS) is 21.5. The van der Waals surface area contributed by atoms with E-state index in [1.165, 1.54) is 4.90 Å². The standard InChI is InChI=1S/C29H32ClN3O6/c1-29(2,39-22-8-5-6-19(30)15-22)28(37)32-13-4-3-7-20(32)17-38-21-9-10-23-18(14-21)16-33(27(23)36)24-11-12-25(34)31-26(24)35/h5-6,8-10,14-15,20,24H,3-4,7,11-13,16-17H2,1-2H3,(H,31,34,35)/t20-,24?/m0/s1. The van der Waals surface area contributed by atoms with Crippen molar-refractivity contribution < 1.29 is 28.7 Å². The summed E-state index contributed by atoms with van der Waals surface area (Å²) in [4.78, 5) is 53.7. The molecule has 4 amide bonds. The average Bonchev–Trinajstić information content (AvgIpc) is 3.22. The van der Waals surface area contributed by atoms with Crippen LogP contribution in [0.3, 0.4) is 0 Å². The van der Waals surface area contributed by atoms with Crippen molar-refractivity contribution in [1.29, 1.82) is 0 Å². The van der Waals surface area contributed by atoms with E-state index >= 15 is 0 Å². The number of piperidine rings is 2. The molecule has 2 atom stereocenters. The number of hydrogen-bond acceptors (Lipinski definition) is 6. The zero-order valence-electron chi connectivity index (χ0n) is 22.1. The van der Waals surface area contributed by atoms with Crippen LogP contribution in [0.15, 0.2) is 42.5 Å². The van der Waals surface area contributed by atoms with Gasteiger partial charge in [-0.1, -0.05) is 17.7 Å². The lowest BCUT2D eigenvalue weighted by Gasteiger charge is -2.40. The van der Waals surface area contributed by atoms with E-state index in [-0.39, 0.29) is 36.7 Å². The van der Waals surface area contributed by atoms with Crippen molar-refractivity contribution in [2.75, 3.05) is 13.2 Å². The number of amides is 4. The summed E-state index contributed by atoms with van der Waals surface area (Å²) in [6.45, 7) is 4.72. The highest BCUT2D eigenvalue weighted by atomic mass is 35.5. The molecule has 0 aliphatic carbocycles. The molecule has 9 nitrogen and oxygen atoms in total. The summed E-state index contributed by atoms with van der Waals surface area (Å²) in [5.41, 5.74) is 0.213. The first kappa shape index (κ1) is 27.0. The Bertz CT molecular complexity index is 1310. The van der Waals surface area contributed by atoms with Crippen molar-refractivity contribution in [3.05, 3.63) is 58.6 Å². The Morgan fingerprint density at radius 3 is 2.67 bits per heavy atom. The van der Waals surface area contributed by atoms with Crippen molar-refractivity contribution in [2.45, 2.75) is 70.2 Å².